The average Bonchev–Trinajstić information content (AvgIpc) is 2.83. The lowest BCUT2D eigenvalue weighted by atomic mass is 9.76. The Morgan fingerprint density at radius 2 is 2.06 bits per heavy atom. The van der Waals surface area contributed by atoms with Crippen LogP contribution in [0.5, 0.6) is 0 Å². The maximum Gasteiger partial charge on any atom is 0.0864 e. The number of aromatic amines is 1. The Morgan fingerprint density at radius 3 is 2.67 bits per heavy atom. The molecular weight excluding hydrogens is 248 g/mol. The highest BCUT2D eigenvalue weighted by molar-refractivity contribution is 6.31. The Morgan fingerprint density at radius 1 is 1.39 bits per heavy atom. The summed E-state index contributed by atoms with van der Waals surface area (Å²) >= 11 is 6.11. The molecule has 0 amide bonds. The third-order valence-electron chi connectivity index (χ3n) is 4.11. The topological polar surface area (TPSA) is 48.9 Å². The molecule has 0 aliphatic heterocycles. The summed E-state index contributed by atoms with van der Waals surface area (Å²) in [7, 11) is 0. The largest absolute Gasteiger partial charge is 0.388 e. The van der Waals surface area contributed by atoms with Gasteiger partial charge in [-0.25, -0.2) is 0 Å². The van der Waals surface area contributed by atoms with Gasteiger partial charge in [0.2, 0.25) is 0 Å². The minimum atomic E-state index is -0.547. The molecule has 98 valence electrons. The number of aromatic nitrogens is 2. The number of nitrogens with one attached hydrogen (secondary N) is 1. The number of aliphatic hydroxyl groups excluding tert-OH is 1. The van der Waals surface area contributed by atoms with Crippen LogP contribution in [0.1, 0.15) is 45.3 Å². The number of H-pyrrole nitrogens is 1. The van der Waals surface area contributed by atoms with E-state index in [4.69, 9.17) is 11.6 Å². The first-order valence-electron chi connectivity index (χ1n) is 6.32. The van der Waals surface area contributed by atoms with Crippen LogP contribution in [0.2, 0.25) is 5.02 Å². The fraction of sp³-hybridized carbons (Fsp3) is 0.500. The second-order valence-electron chi connectivity index (χ2n) is 5.09. The van der Waals surface area contributed by atoms with E-state index in [1.165, 1.54) is 0 Å². The number of hydrogen-bond donors (Lipinski definition) is 2. The predicted molar refractivity (Wildman–Crippen MR) is 74.8 cm³/mol. The van der Waals surface area contributed by atoms with Crippen molar-refractivity contribution in [3.05, 3.63) is 28.9 Å². The number of hydrogen-bond acceptors (Lipinski definition) is 2. The lowest BCUT2D eigenvalue weighted by Gasteiger charge is -2.33. The van der Waals surface area contributed by atoms with Gasteiger partial charge in [0.05, 0.1) is 17.8 Å². The van der Waals surface area contributed by atoms with Gasteiger partial charge in [-0.1, -0.05) is 32.4 Å². The summed E-state index contributed by atoms with van der Waals surface area (Å²) in [5.74, 6) is 0. The van der Waals surface area contributed by atoms with E-state index in [0.717, 1.165) is 29.3 Å². The molecule has 18 heavy (non-hydrogen) atoms. The van der Waals surface area contributed by atoms with Crippen LogP contribution in [0, 0.1) is 5.41 Å². The molecule has 2 aromatic rings. The highest BCUT2D eigenvalue weighted by Gasteiger charge is 2.32. The van der Waals surface area contributed by atoms with E-state index < -0.39 is 6.10 Å². The Bertz CT molecular complexity index is 546. The Hall–Kier alpha value is -1.06. The van der Waals surface area contributed by atoms with Crippen molar-refractivity contribution >= 4 is 22.5 Å². The molecule has 0 saturated carbocycles. The van der Waals surface area contributed by atoms with Gasteiger partial charge < -0.3 is 5.11 Å². The van der Waals surface area contributed by atoms with Crippen molar-refractivity contribution in [2.75, 3.05) is 0 Å². The third-order valence-corrected chi connectivity index (χ3v) is 4.33. The van der Waals surface area contributed by atoms with Gasteiger partial charge in [0, 0.05) is 16.0 Å². The maximum atomic E-state index is 10.7. The van der Waals surface area contributed by atoms with Crippen LogP contribution < -0.4 is 0 Å². The van der Waals surface area contributed by atoms with Crippen molar-refractivity contribution in [2.45, 2.75) is 39.7 Å². The molecule has 0 radical (unpaired) electrons. The quantitative estimate of drug-likeness (QED) is 0.876. The third kappa shape index (κ3) is 2.13. The highest BCUT2D eigenvalue weighted by Crippen LogP contribution is 2.42. The van der Waals surface area contributed by atoms with Crippen LogP contribution in [-0.4, -0.2) is 15.3 Å². The second kappa shape index (κ2) is 4.90. The molecule has 1 aromatic carbocycles. The molecule has 0 bridgehead atoms. The number of fused-ring (bicyclic) bond motifs is 1. The van der Waals surface area contributed by atoms with Crippen LogP contribution in [-0.2, 0) is 0 Å². The van der Waals surface area contributed by atoms with E-state index in [2.05, 4.69) is 31.0 Å². The number of rotatable bonds is 4. The molecule has 1 aromatic heterocycles. The van der Waals surface area contributed by atoms with E-state index in [0.29, 0.717) is 5.02 Å². The molecule has 0 fully saturated rings. The molecule has 3 nitrogen and oxygen atoms in total. The zero-order valence-electron chi connectivity index (χ0n) is 11.0. The monoisotopic (exact) mass is 266 g/mol. The lowest BCUT2D eigenvalue weighted by molar-refractivity contribution is 0.0308. The van der Waals surface area contributed by atoms with Crippen LogP contribution >= 0.6 is 11.6 Å². The van der Waals surface area contributed by atoms with Gasteiger partial charge in [0.15, 0.2) is 0 Å². The van der Waals surface area contributed by atoms with Crippen molar-refractivity contribution in [1.29, 1.82) is 0 Å². The Kier molecular flexibility index (Phi) is 3.64. The summed E-state index contributed by atoms with van der Waals surface area (Å²) in [5.41, 5.74) is 1.56. The van der Waals surface area contributed by atoms with Gasteiger partial charge in [-0.3, -0.25) is 5.10 Å². The van der Waals surface area contributed by atoms with E-state index in [-0.39, 0.29) is 5.41 Å². The molecule has 2 rings (SSSR count). The first kappa shape index (κ1) is 13.4. The Labute approximate surface area is 112 Å². The number of benzene rings is 1. The van der Waals surface area contributed by atoms with Crippen LogP contribution in [0.4, 0.5) is 0 Å². The van der Waals surface area contributed by atoms with E-state index in [1.54, 1.807) is 6.20 Å². The van der Waals surface area contributed by atoms with Crippen molar-refractivity contribution in [1.82, 2.24) is 10.2 Å². The molecule has 0 saturated heterocycles. The summed E-state index contributed by atoms with van der Waals surface area (Å²) in [6, 6.07) is 3.68. The van der Waals surface area contributed by atoms with Gasteiger partial charge in [-0.2, -0.15) is 5.10 Å². The molecule has 0 spiro atoms. The fourth-order valence-corrected chi connectivity index (χ4v) is 2.51. The molecule has 1 atom stereocenters. The molecule has 1 heterocycles. The molecule has 0 aliphatic rings. The standard InChI is InChI=1S/C14H19ClN2O/c1-4-14(3,5-2)13(18)11-7-10(15)6-9-8-16-17-12(9)11/h6-8,13,18H,4-5H2,1-3H3,(H,16,17). The van der Waals surface area contributed by atoms with E-state index in [1.807, 2.05) is 12.1 Å². The van der Waals surface area contributed by atoms with Crippen molar-refractivity contribution < 1.29 is 5.11 Å². The fourth-order valence-electron chi connectivity index (χ4n) is 2.27. The molecular formula is C14H19ClN2O. The number of nitrogens with zero attached hydrogens (tertiary/aromatic N) is 1. The zero-order valence-corrected chi connectivity index (χ0v) is 11.8. The van der Waals surface area contributed by atoms with Crippen LogP contribution in [0.3, 0.4) is 0 Å². The number of halogens is 1. The van der Waals surface area contributed by atoms with Crippen LogP contribution in [0.25, 0.3) is 10.9 Å². The summed E-state index contributed by atoms with van der Waals surface area (Å²) < 4.78 is 0. The highest BCUT2D eigenvalue weighted by atomic mass is 35.5. The molecule has 2 N–H and O–H groups in total. The summed E-state index contributed by atoms with van der Waals surface area (Å²) in [6.07, 6.45) is 3.00. The second-order valence-corrected chi connectivity index (χ2v) is 5.53. The minimum Gasteiger partial charge on any atom is -0.388 e. The predicted octanol–water partition coefficient (Wildman–Crippen LogP) is 4.08. The Balaban J connectivity index is 2.56. The molecule has 0 aliphatic carbocycles. The SMILES string of the molecule is CCC(C)(CC)C(O)c1cc(Cl)cc2cn[nH]c12. The lowest BCUT2D eigenvalue weighted by Crippen LogP contribution is -2.24. The first-order chi connectivity index (χ1) is 8.51. The summed E-state index contributed by atoms with van der Waals surface area (Å²) in [5, 5.41) is 19.2. The average molecular weight is 267 g/mol. The van der Waals surface area contributed by atoms with E-state index in [9.17, 15) is 5.11 Å². The summed E-state index contributed by atoms with van der Waals surface area (Å²) in [6.45, 7) is 6.30. The van der Waals surface area contributed by atoms with Gasteiger partial charge in [-0.05, 0) is 30.4 Å². The minimum absolute atomic E-state index is 0.150. The maximum absolute atomic E-state index is 10.7. The van der Waals surface area contributed by atoms with Crippen molar-refractivity contribution in [3.8, 4) is 0 Å². The van der Waals surface area contributed by atoms with Crippen molar-refractivity contribution in [2.24, 2.45) is 5.41 Å². The van der Waals surface area contributed by atoms with Gasteiger partial charge >= 0.3 is 0 Å². The smallest absolute Gasteiger partial charge is 0.0864 e. The van der Waals surface area contributed by atoms with Gasteiger partial charge in [-0.15, -0.1) is 0 Å². The first-order valence-corrected chi connectivity index (χ1v) is 6.70. The number of aliphatic hydroxyl groups is 1. The molecule has 1 unspecified atom stereocenters. The van der Waals surface area contributed by atoms with Gasteiger partial charge in [0.25, 0.3) is 0 Å². The molecule has 4 heteroatoms. The van der Waals surface area contributed by atoms with Crippen molar-refractivity contribution in [3.63, 3.8) is 0 Å². The summed E-state index contributed by atoms with van der Waals surface area (Å²) in [4.78, 5) is 0. The normalized spacial score (nSPS) is 14.1. The van der Waals surface area contributed by atoms with E-state index >= 15 is 0 Å². The van der Waals surface area contributed by atoms with Gasteiger partial charge in [0.1, 0.15) is 0 Å². The zero-order chi connectivity index (χ0) is 13.3. The van der Waals surface area contributed by atoms with Crippen LogP contribution in [0.15, 0.2) is 18.3 Å².